The molecule has 0 aromatic heterocycles. The van der Waals surface area contributed by atoms with Crippen molar-refractivity contribution in [2.45, 2.75) is 0 Å². The zero-order valence-electron chi connectivity index (χ0n) is 14.2. The van der Waals surface area contributed by atoms with Crippen LogP contribution in [0.3, 0.4) is 0 Å². The summed E-state index contributed by atoms with van der Waals surface area (Å²) in [5, 5.41) is 0. The van der Waals surface area contributed by atoms with Gasteiger partial charge in [0.15, 0.2) is 0 Å². The van der Waals surface area contributed by atoms with E-state index in [9.17, 15) is 4.79 Å². The van der Waals surface area contributed by atoms with Crippen molar-refractivity contribution in [2.75, 3.05) is 0 Å². The predicted molar refractivity (Wildman–Crippen MR) is 145 cm³/mol. The average Bonchev–Trinajstić information content (AvgIpc) is 2.72. The first-order chi connectivity index (χ1) is 13.9. The van der Waals surface area contributed by atoms with Gasteiger partial charge in [-0.05, 0) is 71.6 Å². The van der Waals surface area contributed by atoms with Crippen molar-refractivity contribution >= 4 is 6.47 Å². The maximum Gasteiger partial charge on any atom is 0.298 e. The third kappa shape index (κ3) is 11.1. The average molecular weight is 393 g/mol. The van der Waals surface area contributed by atoms with Crippen LogP contribution in [-0.4, -0.2) is 6.47 Å². The molecule has 0 fully saturated rings. The zero-order chi connectivity index (χ0) is 20.1. The molecule has 0 saturated carbocycles. The Balaban J connectivity index is -0.0000000243. The Morgan fingerprint density at radius 1 is 0.643 bits per heavy atom. The second-order valence-corrected chi connectivity index (χ2v) is 3.91. The Labute approximate surface area is 192 Å². The van der Waals surface area contributed by atoms with Gasteiger partial charge in [-0.3, -0.25) is 4.79 Å². The molecule has 0 spiro atoms. The molecule has 3 nitrogen and oxygen atoms in total. The second kappa shape index (κ2) is 15.1. The number of terminal acetylenes is 1. The van der Waals surface area contributed by atoms with Crippen LogP contribution in [-0.2, 0) is 4.79 Å². The largest absolute Gasteiger partial charge is 0.429 e. The zero-order valence-corrected chi connectivity index (χ0v) is 14.2. The monoisotopic (exact) mass is 392 g/mol. The van der Waals surface area contributed by atoms with Gasteiger partial charge in [-0.15, -0.1) is 6.42 Å². The van der Waals surface area contributed by atoms with Crippen LogP contribution in [0.25, 0.3) is 0 Å². The SMILES string of the molecule is C#CC#CC#CC#CC#CC#CC#CC#CC#COc1ccc(OC=O)cc1.[HH].[HH].[HH].[HH].[HH].[HH].[HH].[HH].[HH].[HH].[HH].[HH].[HH].[HH].[HH].[HH].[HH].[HH].[HH]. The van der Waals surface area contributed by atoms with Gasteiger partial charge in [0.1, 0.15) is 17.6 Å². The van der Waals surface area contributed by atoms with Crippen molar-refractivity contribution in [1.82, 2.24) is 0 Å². The van der Waals surface area contributed by atoms with Crippen LogP contribution in [0.2, 0.25) is 0 Å². The van der Waals surface area contributed by atoms with Crippen LogP contribution in [0, 0.1) is 107 Å². The van der Waals surface area contributed by atoms with Gasteiger partial charge in [0, 0.05) is 74.5 Å². The molecule has 1 aromatic carbocycles. The Bertz CT molecular complexity index is 1310. The van der Waals surface area contributed by atoms with E-state index in [2.05, 4.69) is 106 Å². The molecule has 0 unspecified atom stereocenters. The molecule has 1 aromatic rings. The van der Waals surface area contributed by atoms with Crippen molar-refractivity contribution in [3.05, 3.63) is 24.3 Å². The fourth-order valence-electron chi connectivity index (χ4n) is 1.19. The summed E-state index contributed by atoms with van der Waals surface area (Å²) in [5.41, 5.74) is 0. The molecule has 3 heteroatoms. The molecule has 0 radical (unpaired) electrons. The van der Waals surface area contributed by atoms with E-state index in [1.807, 2.05) is 0 Å². The summed E-state index contributed by atoms with van der Waals surface area (Å²) in [6.07, 6.45) is 7.31. The molecule has 0 aliphatic rings. The van der Waals surface area contributed by atoms with Crippen molar-refractivity contribution in [3.63, 3.8) is 0 Å². The summed E-state index contributed by atoms with van der Waals surface area (Å²) >= 11 is 0. The Morgan fingerprint density at radius 2 is 1.04 bits per heavy atom. The lowest BCUT2D eigenvalue weighted by molar-refractivity contribution is -0.120. The molecular formula is C25H44O3. The lowest BCUT2D eigenvalue weighted by atomic mass is 10.3. The fourth-order valence-corrected chi connectivity index (χ4v) is 1.19. The second-order valence-electron chi connectivity index (χ2n) is 3.91. The molecular weight excluding hydrogens is 348 g/mol. The van der Waals surface area contributed by atoms with Gasteiger partial charge >= 0.3 is 0 Å². The van der Waals surface area contributed by atoms with E-state index in [0.717, 1.165) is 0 Å². The van der Waals surface area contributed by atoms with Gasteiger partial charge in [-0.2, -0.15) is 0 Å². The number of hydrogen-bond donors (Lipinski definition) is 0. The van der Waals surface area contributed by atoms with Crippen LogP contribution in [0.5, 0.6) is 11.5 Å². The topological polar surface area (TPSA) is 35.5 Å². The van der Waals surface area contributed by atoms with E-state index >= 15 is 0 Å². The fraction of sp³-hybridized carbons (Fsp3) is 0. The summed E-state index contributed by atoms with van der Waals surface area (Å²) in [6.45, 7) is 0.341. The third-order valence-electron chi connectivity index (χ3n) is 2.18. The lowest BCUT2D eigenvalue weighted by Gasteiger charge is -1.98. The highest BCUT2D eigenvalue weighted by molar-refractivity contribution is 5.47. The molecule has 0 aliphatic carbocycles. The molecule has 0 saturated heterocycles. The van der Waals surface area contributed by atoms with Crippen LogP contribution in [0.4, 0.5) is 0 Å². The van der Waals surface area contributed by atoms with Crippen LogP contribution in [0.1, 0.15) is 27.1 Å². The Hall–Kier alpha value is -5.47. The maximum atomic E-state index is 10.2. The van der Waals surface area contributed by atoms with E-state index in [1.54, 1.807) is 24.3 Å². The van der Waals surface area contributed by atoms with Crippen molar-refractivity contribution in [1.29, 1.82) is 0 Å². The molecule has 0 bridgehead atoms. The summed E-state index contributed by atoms with van der Waals surface area (Å²) in [6, 6.07) is 6.33. The van der Waals surface area contributed by atoms with Crippen molar-refractivity contribution in [3.8, 4) is 119 Å². The molecule has 0 N–H and O–H groups in total. The highest BCUT2D eigenvalue weighted by Crippen LogP contribution is 2.16. The van der Waals surface area contributed by atoms with Gasteiger partial charge < -0.3 is 9.47 Å². The van der Waals surface area contributed by atoms with E-state index in [1.165, 1.54) is 0 Å². The van der Waals surface area contributed by atoms with Crippen LogP contribution in [0.15, 0.2) is 24.3 Å². The number of rotatable bonds is 3. The molecule has 0 heterocycles. The molecule has 28 heavy (non-hydrogen) atoms. The first-order valence-electron chi connectivity index (χ1n) is 7.19. The smallest absolute Gasteiger partial charge is 0.298 e. The quantitative estimate of drug-likeness (QED) is 0.475. The summed E-state index contributed by atoms with van der Waals surface area (Å²) < 4.78 is 9.77. The van der Waals surface area contributed by atoms with Gasteiger partial charge in [0.05, 0.1) is 0 Å². The highest BCUT2D eigenvalue weighted by atomic mass is 16.5. The molecule has 0 amide bonds. The minimum Gasteiger partial charge on any atom is -0.429 e. The minimum atomic E-state index is 0. The summed E-state index contributed by atoms with van der Waals surface area (Å²) in [7, 11) is 0. The lowest BCUT2D eigenvalue weighted by Crippen LogP contribution is -1.88. The highest BCUT2D eigenvalue weighted by Gasteiger charge is 1.93. The van der Waals surface area contributed by atoms with E-state index in [4.69, 9.17) is 11.2 Å². The Morgan fingerprint density at radius 3 is 1.46 bits per heavy atom. The number of carbonyl (C=O) groups excluding carboxylic acids is 1. The van der Waals surface area contributed by atoms with Gasteiger partial charge in [-0.25, -0.2) is 0 Å². The molecule has 0 atom stereocenters. The molecule has 0 aliphatic heterocycles. The normalized spacial score (nSPS) is 5.82. The number of benzene rings is 1. The van der Waals surface area contributed by atoms with Crippen LogP contribution >= 0.6 is 0 Å². The minimum absolute atomic E-state index is 0. The van der Waals surface area contributed by atoms with Crippen molar-refractivity contribution < 1.29 is 41.4 Å². The number of ether oxygens (including phenoxy) is 2. The molecule has 162 valence electrons. The Kier molecular flexibility index (Phi) is 11.1. The van der Waals surface area contributed by atoms with E-state index < -0.39 is 0 Å². The predicted octanol–water partition coefficient (Wildman–Crippen LogP) is 5.89. The standard InChI is InChI=1S/C25H6O3.19H2/c1-2-3-4-5-6-7-8-9-10-11-12-13-14-15-16-17-22-27-24-18-20-25(21-19-24)28-23-26;;;;;;;;;;;;;;;;;;;/h1,18-21,23H;19*1H. The van der Waals surface area contributed by atoms with Gasteiger partial charge in [-0.1, -0.05) is 0 Å². The maximum absolute atomic E-state index is 10.2. The number of hydrogen-bond acceptors (Lipinski definition) is 3. The number of carbonyl (C=O) groups is 1. The van der Waals surface area contributed by atoms with Crippen molar-refractivity contribution in [2.24, 2.45) is 0 Å². The van der Waals surface area contributed by atoms with Gasteiger partial charge in [0.25, 0.3) is 6.47 Å². The third-order valence-corrected chi connectivity index (χ3v) is 2.18. The molecule has 1 rings (SSSR count). The summed E-state index contributed by atoms with van der Waals surface area (Å²) in [5.74, 6) is 39.9. The first kappa shape index (κ1) is 20.6. The summed E-state index contributed by atoms with van der Waals surface area (Å²) in [4.78, 5) is 10.2. The van der Waals surface area contributed by atoms with E-state index in [-0.39, 0.29) is 27.1 Å². The van der Waals surface area contributed by atoms with E-state index in [0.29, 0.717) is 18.0 Å². The van der Waals surface area contributed by atoms with Gasteiger partial charge in [0.2, 0.25) is 0 Å². The first-order valence-corrected chi connectivity index (χ1v) is 7.19. The van der Waals surface area contributed by atoms with Crippen LogP contribution < -0.4 is 9.47 Å².